The fourth-order valence-corrected chi connectivity index (χ4v) is 10.5. The van der Waals surface area contributed by atoms with E-state index in [1.165, 1.54) is 17.7 Å². The van der Waals surface area contributed by atoms with Crippen molar-refractivity contribution in [2.45, 2.75) is 108 Å². The third kappa shape index (κ3) is 16.4. The number of nitrogens with zero attached hydrogens (tertiary/aromatic N) is 2. The van der Waals surface area contributed by atoms with E-state index in [0.717, 1.165) is 96.0 Å². The Labute approximate surface area is 459 Å². The number of hydrogen-bond donors (Lipinski definition) is 2. The van der Waals surface area contributed by atoms with Gasteiger partial charge in [-0.15, -0.1) is 29.5 Å². The minimum absolute atomic E-state index is 0. The van der Waals surface area contributed by atoms with Crippen molar-refractivity contribution in [3.05, 3.63) is 126 Å². The van der Waals surface area contributed by atoms with Gasteiger partial charge >= 0.3 is 69.7 Å². The summed E-state index contributed by atoms with van der Waals surface area (Å²) in [6.07, 6.45) is 22.2. The molecule has 0 fully saturated rings. The van der Waals surface area contributed by atoms with Gasteiger partial charge in [0.1, 0.15) is 16.7 Å². The van der Waals surface area contributed by atoms with Crippen LogP contribution in [-0.4, -0.2) is 86.7 Å². The first-order chi connectivity index (χ1) is 32.2. The van der Waals surface area contributed by atoms with E-state index in [9.17, 15) is 30.7 Å². The quantitative estimate of drug-likeness (QED) is 0.0288. The first kappa shape index (κ1) is 61.0. The molecule has 14 nitrogen and oxygen atoms in total. The number of nitrogens with one attached hydrogen (secondary N) is 1. The summed E-state index contributed by atoms with van der Waals surface area (Å²) in [6, 6.07) is 21.8. The molecular formula is C51H62N4Na2O10S3. The van der Waals surface area contributed by atoms with Crippen LogP contribution in [0.15, 0.2) is 114 Å². The molecule has 0 aliphatic carbocycles. The SMILES string of the molecule is CC1(C)C(=CC=CC=CC=CC2=[N+](CCCCS(=O)(=O)[O-])c3ccc4c[c-]ccc4c3C2(C)C)N(CCCCCC(=O)NCCCCCCN)c2ccc3cc(S(=O)(=O)[O-])ccc3c21.O=S(=O)=O.[Na+].[Na+]. The molecule has 0 aromatic heterocycles. The van der Waals surface area contributed by atoms with E-state index in [1.54, 1.807) is 6.07 Å². The summed E-state index contributed by atoms with van der Waals surface area (Å²) in [4.78, 5) is 14.6. The molecular weight excluding hydrogens is 971 g/mol. The van der Waals surface area contributed by atoms with Gasteiger partial charge in [0, 0.05) is 60.1 Å². The van der Waals surface area contributed by atoms with Gasteiger partial charge in [-0.2, -0.15) is 28.8 Å². The zero-order chi connectivity index (χ0) is 49.7. The van der Waals surface area contributed by atoms with Crippen molar-refractivity contribution in [2.75, 3.05) is 36.8 Å². The molecule has 0 saturated heterocycles. The molecule has 2 aliphatic heterocycles. The van der Waals surface area contributed by atoms with Gasteiger partial charge < -0.3 is 25.1 Å². The van der Waals surface area contributed by atoms with Crippen LogP contribution in [-0.2, 0) is 46.5 Å². The topological polar surface area (TPSA) is 227 Å². The van der Waals surface area contributed by atoms with Crippen molar-refractivity contribution in [3.63, 3.8) is 0 Å². The van der Waals surface area contributed by atoms with E-state index < -0.39 is 36.3 Å². The van der Waals surface area contributed by atoms with Crippen LogP contribution in [0, 0.1) is 6.07 Å². The van der Waals surface area contributed by atoms with Gasteiger partial charge in [0.15, 0.2) is 5.71 Å². The second kappa shape index (κ2) is 27.7. The van der Waals surface area contributed by atoms with Gasteiger partial charge in [-0.25, -0.2) is 16.8 Å². The summed E-state index contributed by atoms with van der Waals surface area (Å²) in [5, 5.41) is 6.86. The van der Waals surface area contributed by atoms with Crippen LogP contribution in [0.4, 0.5) is 11.4 Å². The molecule has 0 spiro atoms. The Morgan fingerprint density at radius 3 is 2.13 bits per heavy atom. The molecule has 2 aliphatic rings. The number of rotatable bonds is 22. The van der Waals surface area contributed by atoms with Crippen molar-refractivity contribution < 1.29 is 107 Å². The number of benzene rings is 4. The Bertz CT molecular complexity index is 2980. The molecule has 0 saturated carbocycles. The van der Waals surface area contributed by atoms with E-state index >= 15 is 0 Å². The third-order valence-corrected chi connectivity index (χ3v) is 14.1. The van der Waals surface area contributed by atoms with Crippen LogP contribution in [0.5, 0.6) is 0 Å². The summed E-state index contributed by atoms with van der Waals surface area (Å²) in [5.74, 6) is -0.302. The summed E-state index contributed by atoms with van der Waals surface area (Å²) in [7, 11) is -12.0. The molecule has 366 valence electrons. The molecule has 2 heterocycles. The zero-order valence-electron chi connectivity index (χ0n) is 41.2. The third-order valence-electron chi connectivity index (χ3n) is 12.5. The number of hydrogen-bond acceptors (Lipinski definition) is 12. The van der Waals surface area contributed by atoms with Crippen molar-refractivity contribution in [1.82, 2.24) is 5.32 Å². The van der Waals surface area contributed by atoms with Crippen molar-refractivity contribution in [1.29, 1.82) is 0 Å². The average Bonchev–Trinajstić information content (AvgIpc) is 3.62. The van der Waals surface area contributed by atoms with Crippen LogP contribution < -0.4 is 75.1 Å². The minimum atomic E-state index is -4.62. The van der Waals surface area contributed by atoms with E-state index in [1.807, 2.05) is 54.6 Å². The fraction of sp³-hybridized carbons (Fsp3) is 0.412. The summed E-state index contributed by atoms with van der Waals surface area (Å²) in [6.45, 7) is 11.4. The Morgan fingerprint density at radius 2 is 1.43 bits per heavy atom. The van der Waals surface area contributed by atoms with Gasteiger partial charge in [0.25, 0.3) is 0 Å². The van der Waals surface area contributed by atoms with Crippen LogP contribution >= 0.6 is 0 Å². The molecule has 0 bridgehead atoms. The van der Waals surface area contributed by atoms with Crippen molar-refractivity contribution in [2.24, 2.45) is 5.73 Å². The number of anilines is 1. The summed E-state index contributed by atoms with van der Waals surface area (Å²) < 4.78 is 97.3. The fourth-order valence-electron chi connectivity index (χ4n) is 9.39. The predicted molar refractivity (Wildman–Crippen MR) is 266 cm³/mol. The monoisotopic (exact) mass is 1030 g/mol. The van der Waals surface area contributed by atoms with E-state index in [-0.39, 0.29) is 87.5 Å². The molecule has 19 heteroatoms. The number of amides is 1. The predicted octanol–water partition coefficient (Wildman–Crippen LogP) is 1.95. The Morgan fingerprint density at radius 1 is 0.771 bits per heavy atom. The van der Waals surface area contributed by atoms with Crippen LogP contribution in [0.25, 0.3) is 21.5 Å². The molecule has 1 amide bonds. The summed E-state index contributed by atoms with van der Waals surface area (Å²) in [5.41, 5.74) is 11.3. The molecule has 4 aromatic rings. The molecule has 0 unspecified atom stereocenters. The first-order valence-electron chi connectivity index (χ1n) is 23.0. The second-order valence-corrected chi connectivity index (χ2v) is 21.4. The van der Waals surface area contributed by atoms with Crippen molar-refractivity contribution in [3.8, 4) is 0 Å². The van der Waals surface area contributed by atoms with E-state index in [0.29, 0.717) is 37.9 Å². The Kier molecular flexibility index (Phi) is 24.1. The number of fused-ring (bicyclic) bond motifs is 6. The molecule has 6 rings (SSSR count). The first-order valence-corrected chi connectivity index (χ1v) is 26.9. The van der Waals surface area contributed by atoms with Gasteiger partial charge in [-0.05, 0) is 99.2 Å². The van der Waals surface area contributed by atoms with Gasteiger partial charge in [-0.3, -0.25) is 4.79 Å². The maximum Gasteiger partial charge on any atom is 1.00 e. The van der Waals surface area contributed by atoms with Crippen molar-refractivity contribution >= 4 is 75.4 Å². The van der Waals surface area contributed by atoms with Gasteiger partial charge in [0.05, 0.1) is 20.4 Å². The maximum absolute atomic E-state index is 12.5. The number of nitrogens with two attached hydrogens (primary N) is 1. The van der Waals surface area contributed by atoms with E-state index in [4.69, 9.17) is 18.4 Å². The standard InChI is InChI=1S/C51H64N4O7S2.2Na.O3S/c1-50(2)45(55(35-19-20-36-63(57,58)59)43-30-26-38-21-14-15-22-41(38)48(43)50)23-11-6-5-7-12-24-46-51(3,4)49-42-29-28-40(64(60,61)62)37-39(42)27-31-44(49)54(46)34-18-10-13-25-47(56)53-33-17-9-8-16-32-52;;;1-4(2)3/h5-7,11-12,15,21-24,26-31,37H,8-10,13,16-20,25,32-36,52H2,1-4H3,(H,53,56)(H,57,58,59)(H,60,61,62);;;/q;2*+1;/p-2. The van der Waals surface area contributed by atoms with Crippen LogP contribution in [0.1, 0.15) is 103 Å². The number of carbonyl (C=O) groups is 1. The van der Waals surface area contributed by atoms with Crippen LogP contribution in [0.2, 0.25) is 0 Å². The number of allylic oxidation sites excluding steroid dienone is 8. The zero-order valence-corrected chi connectivity index (χ0v) is 47.7. The largest absolute Gasteiger partial charge is 1.00 e. The second-order valence-electron chi connectivity index (χ2n) is 18.1. The van der Waals surface area contributed by atoms with Gasteiger partial charge in [-0.1, -0.05) is 75.6 Å². The maximum atomic E-state index is 12.5. The molecule has 70 heavy (non-hydrogen) atoms. The number of carbonyl (C=O) groups excluding carboxylic acids is 1. The Balaban J connectivity index is 0.00000208. The average molecular weight is 1030 g/mol. The normalized spacial score (nSPS) is 15.6. The smallest absolute Gasteiger partial charge is 0.748 e. The molecule has 0 atom stereocenters. The van der Waals surface area contributed by atoms with Gasteiger partial charge in [0.2, 0.25) is 11.6 Å². The molecule has 4 aromatic carbocycles. The Hall–Kier alpha value is -3.30. The van der Waals surface area contributed by atoms with E-state index in [2.05, 4.69) is 78.9 Å². The van der Waals surface area contributed by atoms with Crippen LogP contribution in [0.3, 0.4) is 0 Å². The number of unbranched alkanes of at least 4 members (excludes halogenated alkanes) is 6. The molecule has 0 radical (unpaired) electrons. The minimum Gasteiger partial charge on any atom is -0.748 e. The summed E-state index contributed by atoms with van der Waals surface area (Å²) >= 11 is 0. The molecule has 3 N–H and O–H groups in total.